The largest absolute Gasteiger partial charge is 0.312 e. The van der Waals surface area contributed by atoms with Crippen molar-refractivity contribution in [1.82, 2.24) is 5.32 Å². The molecule has 1 aromatic carbocycles. The first-order chi connectivity index (χ1) is 7.25. The van der Waals surface area contributed by atoms with E-state index in [1.807, 2.05) is 0 Å². The lowest BCUT2D eigenvalue weighted by molar-refractivity contribution is 0.301. The van der Waals surface area contributed by atoms with Crippen LogP contribution in [0.5, 0.6) is 0 Å². The lowest BCUT2D eigenvalue weighted by Crippen LogP contribution is -2.26. The van der Waals surface area contributed by atoms with Crippen molar-refractivity contribution >= 4 is 11.6 Å². The molecular weight excluding hydrogens is 213 g/mol. The number of rotatable bonds is 4. The van der Waals surface area contributed by atoms with Crippen LogP contribution in [-0.2, 0) is 6.54 Å². The molecule has 0 bridgehead atoms. The standard InChI is InChI=1S/C12H15ClFN/c13-11-6-10(4-5-12(11)14)8-15-7-9-2-1-3-9/h4-6,9,15H,1-3,7-8H2. The maximum absolute atomic E-state index is 12.9. The fraction of sp³-hybridized carbons (Fsp3) is 0.500. The zero-order valence-corrected chi connectivity index (χ0v) is 9.36. The maximum atomic E-state index is 12.9. The topological polar surface area (TPSA) is 12.0 Å². The highest BCUT2D eigenvalue weighted by molar-refractivity contribution is 6.30. The fourth-order valence-electron chi connectivity index (χ4n) is 1.77. The molecule has 0 unspecified atom stereocenters. The maximum Gasteiger partial charge on any atom is 0.141 e. The third kappa shape index (κ3) is 2.93. The Bertz CT molecular complexity index is 336. The van der Waals surface area contributed by atoms with Gasteiger partial charge in [0.25, 0.3) is 0 Å². The van der Waals surface area contributed by atoms with E-state index in [1.165, 1.54) is 25.3 Å². The molecule has 0 aromatic heterocycles. The summed E-state index contributed by atoms with van der Waals surface area (Å²) in [7, 11) is 0. The molecule has 0 radical (unpaired) electrons. The van der Waals surface area contributed by atoms with Crippen molar-refractivity contribution in [3.8, 4) is 0 Å². The predicted octanol–water partition coefficient (Wildman–Crippen LogP) is 3.37. The summed E-state index contributed by atoms with van der Waals surface area (Å²) in [6, 6.07) is 4.88. The van der Waals surface area contributed by atoms with Crippen molar-refractivity contribution < 1.29 is 4.39 Å². The SMILES string of the molecule is Fc1ccc(CNCC2CCC2)cc1Cl. The Balaban J connectivity index is 1.79. The van der Waals surface area contributed by atoms with Crippen LogP contribution in [0.3, 0.4) is 0 Å². The molecule has 1 aliphatic rings. The zero-order chi connectivity index (χ0) is 10.7. The molecular formula is C12H15ClFN. The van der Waals surface area contributed by atoms with Crippen molar-refractivity contribution in [2.75, 3.05) is 6.54 Å². The summed E-state index contributed by atoms with van der Waals surface area (Å²) in [4.78, 5) is 0. The van der Waals surface area contributed by atoms with Gasteiger partial charge in [0.05, 0.1) is 5.02 Å². The van der Waals surface area contributed by atoms with Gasteiger partial charge in [-0.25, -0.2) is 4.39 Å². The Morgan fingerprint density at radius 3 is 2.80 bits per heavy atom. The molecule has 1 nitrogen and oxygen atoms in total. The van der Waals surface area contributed by atoms with E-state index in [2.05, 4.69) is 5.32 Å². The molecule has 0 heterocycles. The van der Waals surface area contributed by atoms with E-state index in [0.29, 0.717) is 0 Å². The highest BCUT2D eigenvalue weighted by Gasteiger charge is 2.16. The summed E-state index contributed by atoms with van der Waals surface area (Å²) in [6.45, 7) is 1.84. The summed E-state index contributed by atoms with van der Waals surface area (Å²) < 4.78 is 12.9. The first kappa shape index (κ1) is 10.9. The van der Waals surface area contributed by atoms with Gasteiger partial charge in [-0.2, -0.15) is 0 Å². The number of halogens is 2. The number of benzene rings is 1. The van der Waals surface area contributed by atoms with Crippen LogP contribution >= 0.6 is 11.6 Å². The second kappa shape index (κ2) is 4.95. The van der Waals surface area contributed by atoms with Gasteiger partial charge in [0.1, 0.15) is 5.82 Å². The summed E-state index contributed by atoms with van der Waals surface area (Å²) in [5.41, 5.74) is 1.04. The van der Waals surface area contributed by atoms with E-state index in [9.17, 15) is 4.39 Å². The Hall–Kier alpha value is -0.600. The van der Waals surface area contributed by atoms with Crippen LogP contribution in [0.25, 0.3) is 0 Å². The second-order valence-electron chi connectivity index (χ2n) is 4.18. The van der Waals surface area contributed by atoms with Gasteiger partial charge in [0, 0.05) is 6.54 Å². The molecule has 3 heteroatoms. The summed E-state index contributed by atoms with van der Waals surface area (Å²) >= 11 is 5.69. The van der Waals surface area contributed by atoms with Gasteiger partial charge in [-0.3, -0.25) is 0 Å². The van der Waals surface area contributed by atoms with E-state index < -0.39 is 0 Å². The summed E-state index contributed by atoms with van der Waals surface area (Å²) in [5.74, 6) is 0.500. The number of nitrogens with one attached hydrogen (secondary N) is 1. The molecule has 0 amide bonds. The van der Waals surface area contributed by atoms with Crippen LogP contribution in [0, 0.1) is 11.7 Å². The zero-order valence-electron chi connectivity index (χ0n) is 8.60. The van der Waals surface area contributed by atoms with Crippen LogP contribution in [0.4, 0.5) is 4.39 Å². The monoisotopic (exact) mass is 227 g/mol. The molecule has 0 saturated heterocycles. The van der Waals surface area contributed by atoms with Gasteiger partial charge in [-0.05, 0) is 43.0 Å². The minimum Gasteiger partial charge on any atom is -0.312 e. The summed E-state index contributed by atoms with van der Waals surface area (Å²) in [5, 5.41) is 3.58. The average molecular weight is 228 g/mol. The smallest absolute Gasteiger partial charge is 0.141 e. The van der Waals surface area contributed by atoms with Crippen LogP contribution in [0.1, 0.15) is 24.8 Å². The van der Waals surface area contributed by atoms with Crippen LogP contribution in [-0.4, -0.2) is 6.54 Å². The first-order valence-electron chi connectivity index (χ1n) is 5.40. The minimum atomic E-state index is -0.348. The molecule has 82 valence electrons. The Kier molecular flexibility index (Phi) is 3.60. The molecule has 2 rings (SSSR count). The fourth-order valence-corrected chi connectivity index (χ4v) is 1.97. The van der Waals surface area contributed by atoms with E-state index >= 15 is 0 Å². The van der Waals surface area contributed by atoms with Crippen molar-refractivity contribution in [3.63, 3.8) is 0 Å². The normalized spacial score (nSPS) is 16.4. The minimum absolute atomic E-state index is 0.206. The van der Waals surface area contributed by atoms with Crippen LogP contribution in [0.15, 0.2) is 18.2 Å². The molecule has 1 fully saturated rings. The lowest BCUT2D eigenvalue weighted by atomic mass is 9.85. The van der Waals surface area contributed by atoms with E-state index in [4.69, 9.17) is 11.6 Å². The third-order valence-corrected chi connectivity index (χ3v) is 3.26. The second-order valence-corrected chi connectivity index (χ2v) is 4.58. The Labute approximate surface area is 94.6 Å². The molecule has 1 saturated carbocycles. The number of hydrogen-bond acceptors (Lipinski definition) is 1. The van der Waals surface area contributed by atoms with Crippen molar-refractivity contribution in [2.45, 2.75) is 25.8 Å². The third-order valence-electron chi connectivity index (χ3n) is 2.97. The Morgan fingerprint density at radius 2 is 2.20 bits per heavy atom. The average Bonchev–Trinajstić information content (AvgIpc) is 2.15. The van der Waals surface area contributed by atoms with Gasteiger partial charge in [0.15, 0.2) is 0 Å². The van der Waals surface area contributed by atoms with Crippen molar-refractivity contribution in [3.05, 3.63) is 34.6 Å². The van der Waals surface area contributed by atoms with Gasteiger partial charge in [-0.1, -0.05) is 24.1 Å². The van der Waals surface area contributed by atoms with Crippen molar-refractivity contribution in [2.24, 2.45) is 5.92 Å². The highest BCUT2D eigenvalue weighted by Crippen LogP contribution is 2.25. The van der Waals surface area contributed by atoms with E-state index in [0.717, 1.165) is 24.6 Å². The highest BCUT2D eigenvalue weighted by atomic mass is 35.5. The van der Waals surface area contributed by atoms with Gasteiger partial charge in [0.2, 0.25) is 0 Å². The predicted molar refractivity (Wildman–Crippen MR) is 60.5 cm³/mol. The van der Waals surface area contributed by atoms with Gasteiger partial charge < -0.3 is 5.32 Å². The quantitative estimate of drug-likeness (QED) is 0.832. The molecule has 15 heavy (non-hydrogen) atoms. The molecule has 0 aliphatic heterocycles. The van der Waals surface area contributed by atoms with Crippen LogP contribution in [0.2, 0.25) is 5.02 Å². The van der Waals surface area contributed by atoms with Gasteiger partial charge in [-0.15, -0.1) is 0 Å². The molecule has 0 atom stereocenters. The summed E-state index contributed by atoms with van der Waals surface area (Å²) in [6.07, 6.45) is 4.06. The Morgan fingerprint density at radius 1 is 1.40 bits per heavy atom. The van der Waals surface area contributed by atoms with E-state index in [1.54, 1.807) is 12.1 Å². The lowest BCUT2D eigenvalue weighted by Gasteiger charge is -2.25. The van der Waals surface area contributed by atoms with E-state index in [-0.39, 0.29) is 10.8 Å². The molecule has 0 spiro atoms. The molecule has 1 N–H and O–H groups in total. The van der Waals surface area contributed by atoms with Crippen molar-refractivity contribution in [1.29, 1.82) is 0 Å². The molecule has 1 aromatic rings. The van der Waals surface area contributed by atoms with Gasteiger partial charge >= 0.3 is 0 Å². The number of hydrogen-bond donors (Lipinski definition) is 1. The molecule has 1 aliphatic carbocycles. The first-order valence-corrected chi connectivity index (χ1v) is 5.78. The van der Waals surface area contributed by atoms with Crippen LogP contribution < -0.4 is 5.32 Å².